The van der Waals surface area contributed by atoms with E-state index in [2.05, 4.69) is 0 Å². The van der Waals surface area contributed by atoms with Gasteiger partial charge in [0.15, 0.2) is 0 Å². The lowest BCUT2D eigenvalue weighted by atomic mass is 9.98. The summed E-state index contributed by atoms with van der Waals surface area (Å²) in [5.74, 6) is -0.193. The van der Waals surface area contributed by atoms with Crippen molar-refractivity contribution in [1.82, 2.24) is 4.31 Å². The summed E-state index contributed by atoms with van der Waals surface area (Å²) >= 11 is -2.42. The van der Waals surface area contributed by atoms with Crippen LogP contribution in [0.4, 0.5) is 0 Å². The molecule has 0 saturated carbocycles. The second-order valence-corrected chi connectivity index (χ2v) is 8.81. The van der Waals surface area contributed by atoms with Crippen LogP contribution in [0.5, 0.6) is 5.75 Å². The Morgan fingerprint density at radius 2 is 1.59 bits per heavy atom. The summed E-state index contributed by atoms with van der Waals surface area (Å²) in [5, 5.41) is 9.00. The molecule has 32 heavy (non-hydrogen) atoms. The van der Waals surface area contributed by atoms with Gasteiger partial charge in [0.25, 0.3) is 0 Å². The largest absolute Gasteiger partial charge is 0.760 e. The number of aryl methyl sites for hydroxylation is 1. The van der Waals surface area contributed by atoms with Crippen molar-refractivity contribution in [3.8, 4) is 16.9 Å². The lowest BCUT2D eigenvalue weighted by Crippen LogP contribution is -2.25. The Labute approximate surface area is 190 Å². The molecule has 3 rings (SSSR count). The first-order valence-corrected chi connectivity index (χ1v) is 11.3. The SMILES string of the molecule is Cc1cc(CN(Cc2ccc(C(=O)O)cc2)S(=O)[O-])ccc1-c1ccc(OC(C)C)cc1. The maximum absolute atomic E-state index is 11.8. The fourth-order valence-corrected chi connectivity index (χ4v) is 3.96. The van der Waals surface area contributed by atoms with Crippen LogP contribution in [0.2, 0.25) is 0 Å². The highest BCUT2D eigenvalue weighted by molar-refractivity contribution is 7.76. The van der Waals surface area contributed by atoms with Gasteiger partial charge in [-0.2, -0.15) is 0 Å². The minimum Gasteiger partial charge on any atom is -0.760 e. The van der Waals surface area contributed by atoms with Crippen LogP contribution in [0, 0.1) is 6.92 Å². The maximum atomic E-state index is 11.8. The summed E-state index contributed by atoms with van der Waals surface area (Å²) < 4.78 is 30.6. The summed E-state index contributed by atoms with van der Waals surface area (Å²) in [4.78, 5) is 11.0. The van der Waals surface area contributed by atoms with E-state index in [9.17, 15) is 13.6 Å². The summed E-state index contributed by atoms with van der Waals surface area (Å²) in [6.07, 6.45) is 0.117. The molecule has 6 nitrogen and oxygen atoms in total. The van der Waals surface area contributed by atoms with Gasteiger partial charge in [-0.25, -0.2) is 9.10 Å². The minimum absolute atomic E-state index is 0.117. The minimum atomic E-state index is -2.42. The molecule has 0 fully saturated rings. The van der Waals surface area contributed by atoms with Gasteiger partial charge in [-0.1, -0.05) is 42.5 Å². The van der Waals surface area contributed by atoms with Gasteiger partial charge in [0, 0.05) is 24.4 Å². The van der Waals surface area contributed by atoms with Crippen LogP contribution in [-0.4, -0.2) is 30.2 Å². The molecule has 0 aliphatic heterocycles. The van der Waals surface area contributed by atoms with Crippen molar-refractivity contribution in [2.75, 3.05) is 0 Å². The molecule has 7 heteroatoms. The molecular formula is C25H26NO5S-. The summed E-state index contributed by atoms with van der Waals surface area (Å²) in [6, 6.07) is 20.0. The molecule has 1 N–H and O–H groups in total. The molecule has 0 heterocycles. The van der Waals surface area contributed by atoms with Crippen molar-refractivity contribution in [3.63, 3.8) is 0 Å². The number of aromatic carboxylic acids is 1. The van der Waals surface area contributed by atoms with Gasteiger partial charge in [0.1, 0.15) is 5.75 Å². The average Bonchev–Trinajstić information content (AvgIpc) is 2.74. The number of ether oxygens (including phenoxy) is 1. The Kier molecular flexibility index (Phi) is 7.80. The maximum Gasteiger partial charge on any atom is 0.335 e. The third-order valence-electron chi connectivity index (χ3n) is 4.96. The van der Waals surface area contributed by atoms with Crippen molar-refractivity contribution < 1.29 is 23.4 Å². The van der Waals surface area contributed by atoms with E-state index in [1.807, 2.05) is 63.2 Å². The second kappa shape index (κ2) is 10.5. The van der Waals surface area contributed by atoms with Crippen LogP contribution < -0.4 is 4.74 Å². The molecule has 0 aliphatic carbocycles. The van der Waals surface area contributed by atoms with Gasteiger partial charge < -0.3 is 14.4 Å². The summed E-state index contributed by atoms with van der Waals surface area (Å²) in [6.45, 7) is 6.36. The molecule has 0 radical (unpaired) electrons. The third kappa shape index (κ3) is 6.26. The third-order valence-corrected chi connectivity index (χ3v) is 5.64. The van der Waals surface area contributed by atoms with Crippen molar-refractivity contribution in [1.29, 1.82) is 0 Å². The zero-order chi connectivity index (χ0) is 23.3. The summed E-state index contributed by atoms with van der Waals surface area (Å²) in [7, 11) is 0. The number of rotatable bonds is 9. The van der Waals surface area contributed by atoms with Crippen LogP contribution in [0.25, 0.3) is 11.1 Å². The van der Waals surface area contributed by atoms with Crippen molar-refractivity contribution in [3.05, 3.63) is 89.0 Å². The monoisotopic (exact) mass is 452 g/mol. The lowest BCUT2D eigenvalue weighted by molar-refractivity contribution is 0.0697. The number of carbonyl (C=O) groups is 1. The standard InChI is InChI=1S/C25H27NO5S/c1-17(2)31-23-11-9-21(10-12-23)24-13-6-20(14-18(24)3)16-26(32(29)30)15-19-4-7-22(8-5-19)25(27)28/h4-14,17H,15-16H2,1-3H3,(H,27,28)(H,29,30)/p-1. The van der Waals surface area contributed by atoms with Gasteiger partial charge in [0.2, 0.25) is 0 Å². The molecule has 0 spiro atoms. The molecule has 0 amide bonds. The molecule has 1 unspecified atom stereocenters. The van der Waals surface area contributed by atoms with Gasteiger partial charge in [0.05, 0.1) is 11.7 Å². The van der Waals surface area contributed by atoms with E-state index < -0.39 is 17.2 Å². The van der Waals surface area contributed by atoms with Crippen LogP contribution >= 0.6 is 0 Å². The van der Waals surface area contributed by atoms with E-state index in [1.165, 1.54) is 16.4 Å². The Balaban J connectivity index is 1.73. The normalized spacial score (nSPS) is 12.2. The highest BCUT2D eigenvalue weighted by atomic mass is 32.2. The highest BCUT2D eigenvalue weighted by Gasteiger charge is 2.11. The number of carboxylic acid groups (broad SMARTS) is 1. The Morgan fingerprint density at radius 1 is 1.00 bits per heavy atom. The predicted octanol–water partition coefficient (Wildman–Crippen LogP) is 4.94. The molecule has 0 aliphatic rings. The van der Waals surface area contributed by atoms with Gasteiger partial charge in [-0.3, -0.25) is 4.21 Å². The smallest absolute Gasteiger partial charge is 0.335 e. The highest BCUT2D eigenvalue weighted by Crippen LogP contribution is 2.27. The van der Waals surface area contributed by atoms with Crippen molar-refractivity contribution >= 4 is 17.2 Å². The fourth-order valence-electron chi connectivity index (χ4n) is 3.45. The quantitative estimate of drug-likeness (QED) is 0.464. The molecule has 0 bridgehead atoms. The van der Waals surface area contributed by atoms with E-state index in [0.717, 1.165) is 33.6 Å². The average molecular weight is 453 g/mol. The Morgan fingerprint density at radius 3 is 2.12 bits per heavy atom. The number of benzene rings is 3. The zero-order valence-electron chi connectivity index (χ0n) is 18.3. The van der Waals surface area contributed by atoms with Gasteiger partial charge >= 0.3 is 5.97 Å². The van der Waals surface area contributed by atoms with Crippen molar-refractivity contribution in [2.45, 2.75) is 40.0 Å². The molecule has 0 aromatic heterocycles. The van der Waals surface area contributed by atoms with Crippen molar-refractivity contribution in [2.24, 2.45) is 0 Å². The van der Waals surface area contributed by atoms with E-state index in [-0.39, 0.29) is 24.8 Å². The van der Waals surface area contributed by atoms with Crippen LogP contribution in [0.1, 0.15) is 40.9 Å². The molecular weight excluding hydrogens is 426 g/mol. The summed E-state index contributed by atoms with van der Waals surface area (Å²) in [5.41, 5.74) is 4.94. The molecule has 3 aromatic carbocycles. The van der Waals surface area contributed by atoms with E-state index in [0.29, 0.717) is 0 Å². The first kappa shape index (κ1) is 23.7. The molecule has 0 saturated heterocycles. The number of carboxylic acids is 1. The van der Waals surface area contributed by atoms with Crippen LogP contribution in [0.3, 0.4) is 0 Å². The number of hydrogen-bond acceptors (Lipinski definition) is 4. The lowest BCUT2D eigenvalue weighted by Gasteiger charge is -2.25. The van der Waals surface area contributed by atoms with Crippen LogP contribution in [-0.2, 0) is 24.4 Å². The van der Waals surface area contributed by atoms with E-state index in [4.69, 9.17) is 9.84 Å². The first-order chi connectivity index (χ1) is 15.2. The molecule has 3 aromatic rings. The predicted molar refractivity (Wildman–Crippen MR) is 124 cm³/mol. The van der Waals surface area contributed by atoms with Gasteiger partial charge in [-0.15, -0.1) is 0 Å². The topological polar surface area (TPSA) is 89.9 Å². The van der Waals surface area contributed by atoms with Crippen LogP contribution in [0.15, 0.2) is 66.7 Å². The zero-order valence-corrected chi connectivity index (χ0v) is 19.1. The Hall–Kier alpha value is -3.00. The number of hydrogen-bond donors (Lipinski definition) is 1. The van der Waals surface area contributed by atoms with E-state index >= 15 is 0 Å². The molecule has 168 valence electrons. The second-order valence-electron chi connectivity index (χ2n) is 7.86. The molecule has 1 atom stereocenters. The Bertz CT molecular complexity index is 1090. The van der Waals surface area contributed by atoms with E-state index in [1.54, 1.807) is 12.1 Å². The fraction of sp³-hybridized carbons (Fsp3) is 0.240. The van der Waals surface area contributed by atoms with Gasteiger partial charge in [-0.05, 0) is 72.9 Å². The first-order valence-electron chi connectivity index (χ1n) is 10.3. The number of nitrogens with zero attached hydrogens (tertiary/aromatic N) is 1.